The fourth-order valence-electron chi connectivity index (χ4n) is 2.09. The maximum absolute atomic E-state index is 8.53. The normalized spacial score (nSPS) is 32.2. The van der Waals surface area contributed by atoms with Crippen LogP contribution >= 0.6 is 0 Å². The molecule has 1 aliphatic rings. The Morgan fingerprint density at radius 2 is 2.09 bits per heavy atom. The molecule has 2 heteroatoms. The Balaban J connectivity index is 2.21. The van der Waals surface area contributed by atoms with Crippen LogP contribution in [0.1, 0.15) is 39.0 Å². The molecule has 0 saturated heterocycles. The van der Waals surface area contributed by atoms with Crippen LogP contribution in [0.5, 0.6) is 0 Å². The zero-order chi connectivity index (χ0) is 8.10. The molecule has 0 aromatic rings. The molecular weight excluding hydrogens is 138 g/mol. The lowest BCUT2D eigenvalue weighted by molar-refractivity contribution is 0.127. The average Bonchev–Trinajstić information content (AvgIpc) is 2.06. The third-order valence-electron chi connectivity index (χ3n) is 2.85. The smallest absolute Gasteiger partial charge is 0.0235 e. The molecule has 1 fully saturated rings. The van der Waals surface area contributed by atoms with Crippen molar-refractivity contribution in [3.8, 4) is 0 Å². The van der Waals surface area contributed by atoms with Crippen LogP contribution in [0.2, 0.25) is 0 Å². The molecule has 1 aliphatic carbocycles. The molecule has 0 aliphatic heterocycles. The van der Waals surface area contributed by atoms with Crippen molar-refractivity contribution < 1.29 is 5.21 Å². The van der Waals surface area contributed by atoms with Gasteiger partial charge in [0.1, 0.15) is 0 Å². The highest BCUT2D eigenvalue weighted by molar-refractivity contribution is 4.72. The summed E-state index contributed by atoms with van der Waals surface area (Å²) >= 11 is 0. The molecule has 2 N–H and O–H groups in total. The van der Waals surface area contributed by atoms with Crippen molar-refractivity contribution in [3.05, 3.63) is 0 Å². The van der Waals surface area contributed by atoms with Crippen LogP contribution in [-0.2, 0) is 0 Å². The Hall–Kier alpha value is -0.0800. The maximum Gasteiger partial charge on any atom is 0.0235 e. The predicted octanol–water partition coefficient (Wildman–Crippen LogP) is 2.18. The molecule has 0 heterocycles. The van der Waals surface area contributed by atoms with E-state index in [0.29, 0.717) is 0 Å². The number of hydrogen-bond acceptors (Lipinski definition) is 2. The first-order valence-electron chi connectivity index (χ1n) is 4.73. The molecule has 0 amide bonds. The summed E-state index contributed by atoms with van der Waals surface area (Å²) in [5, 5.41) is 8.53. The molecule has 2 nitrogen and oxygen atoms in total. The molecule has 1 saturated carbocycles. The molecule has 0 radical (unpaired) electrons. The van der Waals surface area contributed by atoms with Gasteiger partial charge >= 0.3 is 0 Å². The van der Waals surface area contributed by atoms with E-state index in [1.54, 1.807) is 0 Å². The van der Waals surface area contributed by atoms with Gasteiger partial charge in [-0.3, -0.25) is 0 Å². The van der Waals surface area contributed by atoms with Crippen LogP contribution in [0.4, 0.5) is 0 Å². The Labute approximate surface area is 69.0 Å². The SMILES string of the molecule is CCC1CCCC(CNO)C1. The summed E-state index contributed by atoms with van der Waals surface area (Å²) in [4.78, 5) is 0. The van der Waals surface area contributed by atoms with E-state index in [1.807, 2.05) is 0 Å². The minimum Gasteiger partial charge on any atom is -0.317 e. The minimum atomic E-state index is 0.721. The van der Waals surface area contributed by atoms with Gasteiger partial charge in [-0.25, -0.2) is 5.48 Å². The summed E-state index contributed by atoms with van der Waals surface area (Å²) in [7, 11) is 0. The summed E-state index contributed by atoms with van der Waals surface area (Å²) in [6.07, 6.45) is 6.67. The second-order valence-electron chi connectivity index (χ2n) is 3.67. The van der Waals surface area contributed by atoms with Crippen molar-refractivity contribution in [2.75, 3.05) is 6.54 Å². The largest absolute Gasteiger partial charge is 0.317 e. The molecule has 0 bridgehead atoms. The van der Waals surface area contributed by atoms with E-state index in [9.17, 15) is 0 Å². The monoisotopic (exact) mass is 157 g/mol. The van der Waals surface area contributed by atoms with Crippen molar-refractivity contribution in [1.82, 2.24) is 5.48 Å². The molecule has 1 rings (SSSR count). The Morgan fingerprint density at radius 3 is 2.73 bits per heavy atom. The zero-order valence-electron chi connectivity index (χ0n) is 7.34. The molecule has 0 aromatic carbocycles. The van der Waals surface area contributed by atoms with Crippen molar-refractivity contribution in [2.24, 2.45) is 11.8 Å². The Morgan fingerprint density at radius 1 is 1.36 bits per heavy atom. The van der Waals surface area contributed by atoms with Gasteiger partial charge in [-0.15, -0.1) is 0 Å². The van der Waals surface area contributed by atoms with Gasteiger partial charge < -0.3 is 5.21 Å². The van der Waals surface area contributed by atoms with E-state index in [4.69, 9.17) is 5.21 Å². The highest BCUT2D eigenvalue weighted by atomic mass is 16.5. The Bertz CT molecular complexity index is 104. The predicted molar refractivity (Wildman–Crippen MR) is 45.5 cm³/mol. The lowest BCUT2D eigenvalue weighted by Gasteiger charge is -2.27. The second-order valence-corrected chi connectivity index (χ2v) is 3.67. The third-order valence-corrected chi connectivity index (χ3v) is 2.85. The first-order valence-corrected chi connectivity index (χ1v) is 4.73. The van der Waals surface area contributed by atoms with Crippen LogP contribution < -0.4 is 5.48 Å². The lowest BCUT2D eigenvalue weighted by Crippen LogP contribution is -2.24. The summed E-state index contributed by atoms with van der Waals surface area (Å²) in [5.41, 5.74) is 2.28. The molecule has 2 atom stereocenters. The maximum atomic E-state index is 8.53. The Kier molecular flexibility index (Phi) is 3.87. The fraction of sp³-hybridized carbons (Fsp3) is 1.00. The van der Waals surface area contributed by atoms with E-state index in [2.05, 4.69) is 12.4 Å². The molecule has 2 unspecified atom stereocenters. The van der Waals surface area contributed by atoms with Gasteiger partial charge in [0, 0.05) is 6.54 Å². The number of nitrogens with one attached hydrogen (secondary N) is 1. The zero-order valence-corrected chi connectivity index (χ0v) is 7.34. The van der Waals surface area contributed by atoms with Crippen molar-refractivity contribution in [1.29, 1.82) is 0 Å². The van der Waals surface area contributed by atoms with E-state index in [0.717, 1.165) is 18.4 Å². The van der Waals surface area contributed by atoms with Gasteiger partial charge in [0.2, 0.25) is 0 Å². The van der Waals surface area contributed by atoms with Gasteiger partial charge in [-0.05, 0) is 24.7 Å². The number of hydroxylamine groups is 1. The first-order chi connectivity index (χ1) is 5.36. The van der Waals surface area contributed by atoms with Crippen molar-refractivity contribution >= 4 is 0 Å². The number of rotatable bonds is 3. The summed E-state index contributed by atoms with van der Waals surface area (Å²) in [6.45, 7) is 3.05. The average molecular weight is 157 g/mol. The van der Waals surface area contributed by atoms with Crippen LogP contribution in [0.15, 0.2) is 0 Å². The molecule has 0 aromatic heterocycles. The summed E-state index contributed by atoms with van der Waals surface area (Å²) in [6, 6.07) is 0. The highest BCUT2D eigenvalue weighted by Crippen LogP contribution is 2.30. The van der Waals surface area contributed by atoms with Gasteiger partial charge in [-0.1, -0.05) is 26.2 Å². The summed E-state index contributed by atoms with van der Waals surface area (Å²) in [5.74, 6) is 1.64. The standard InChI is InChI=1S/C9H19NO/c1-2-8-4-3-5-9(6-8)7-10-11/h8-11H,2-7H2,1H3. The molecular formula is C9H19NO. The van der Waals surface area contributed by atoms with Gasteiger partial charge in [0.15, 0.2) is 0 Å². The third kappa shape index (κ3) is 2.80. The molecule has 66 valence electrons. The first kappa shape index (κ1) is 9.01. The van der Waals surface area contributed by atoms with Crippen LogP contribution in [0.3, 0.4) is 0 Å². The number of hydrogen-bond donors (Lipinski definition) is 2. The van der Waals surface area contributed by atoms with E-state index in [1.165, 1.54) is 32.1 Å². The topological polar surface area (TPSA) is 32.3 Å². The quantitative estimate of drug-likeness (QED) is 0.615. The van der Waals surface area contributed by atoms with Crippen molar-refractivity contribution in [2.45, 2.75) is 39.0 Å². The van der Waals surface area contributed by atoms with Crippen molar-refractivity contribution in [3.63, 3.8) is 0 Å². The molecule has 11 heavy (non-hydrogen) atoms. The van der Waals surface area contributed by atoms with Crippen LogP contribution in [0, 0.1) is 11.8 Å². The second kappa shape index (κ2) is 4.73. The lowest BCUT2D eigenvalue weighted by atomic mass is 9.80. The van der Waals surface area contributed by atoms with Gasteiger partial charge in [0.25, 0.3) is 0 Å². The van der Waals surface area contributed by atoms with Crippen LogP contribution in [-0.4, -0.2) is 11.8 Å². The van der Waals surface area contributed by atoms with Crippen LogP contribution in [0.25, 0.3) is 0 Å². The highest BCUT2D eigenvalue weighted by Gasteiger charge is 2.19. The van der Waals surface area contributed by atoms with E-state index in [-0.39, 0.29) is 0 Å². The summed E-state index contributed by atoms with van der Waals surface area (Å²) < 4.78 is 0. The fourth-order valence-corrected chi connectivity index (χ4v) is 2.09. The van der Waals surface area contributed by atoms with Gasteiger partial charge in [0.05, 0.1) is 0 Å². The molecule has 0 spiro atoms. The van der Waals surface area contributed by atoms with E-state index >= 15 is 0 Å². The minimum absolute atomic E-state index is 0.721. The van der Waals surface area contributed by atoms with Gasteiger partial charge in [-0.2, -0.15) is 0 Å². The van der Waals surface area contributed by atoms with E-state index < -0.39 is 0 Å².